The smallest absolute Gasteiger partial charge is 0.319 e. The fraction of sp³-hybridized carbons (Fsp3) is 0.222. The van der Waals surface area contributed by atoms with E-state index in [1.54, 1.807) is 39.5 Å². The Kier molecular flexibility index (Phi) is 6.73. The van der Waals surface area contributed by atoms with E-state index in [4.69, 9.17) is 4.74 Å². The molecule has 0 fully saturated rings. The van der Waals surface area contributed by atoms with Crippen LogP contribution in [-0.4, -0.2) is 54.1 Å². The van der Waals surface area contributed by atoms with Crippen molar-refractivity contribution in [2.45, 2.75) is 19.9 Å². The number of anilines is 1. The molecule has 0 bridgehead atoms. The van der Waals surface area contributed by atoms with Crippen LogP contribution in [0.1, 0.15) is 24.2 Å². The Balaban J connectivity index is 1.78. The number of H-pyrrole nitrogens is 1. The lowest BCUT2D eigenvalue weighted by Gasteiger charge is -2.17. The Hall–Kier alpha value is -4.33. The second-order valence-electron chi connectivity index (χ2n) is 8.74. The molecule has 0 saturated heterocycles. The number of aromatic amines is 1. The number of para-hydroxylation sites is 1. The largest absolute Gasteiger partial charge is 0.496 e. The number of hydrogen-bond donors (Lipinski definition) is 3. The van der Waals surface area contributed by atoms with Crippen LogP contribution in [0.5, 0.6) is 5.75 Å². The minimum absolute atomic E-state index is 0.0288. The van der Waals surface area contributed by atoms with E-state index < -0.39 is 0 Å². The molecule has 8 heteroatoms. The summed E-state index contributed by atoms with van der Waals surface area (Å²) in [7, 11) is 5.01. The number of pyridine rings is 1. The maximum absolute atomic E-state index is 13.0. The quantitative estimate of drug-likeness (QED) is 0.363. The van der Waals surface area contributed by atoms with E-state index in [1.807, 2.05) is 56.4 Å². The summed E-state index contributed by atoms with van der Waals surface area (Å²) in [6.07, 6.45) is 3.68. The molecule has 0 aliphatic heterocycles. The van der Waals surface area contributed by atoms with Crippen molar-refractivity contribution in [3.8, 4) is 28.0 Å². The number of fused-ring (bicyclic) bond motifs is 1. The van der Waals surface area contributed by atoms with Crippen molar-refractivity contribution in [1.82, 2.24) is 20.2 Å². The van der Waals surface area contributed by atoms with Gasteiger partial charge in [0.2, 0.25) is 0 Å². The summed E-state index contributed by atoms with van der Waals surface area (Å²) in [6.45, 7) is 3.75. The van der Waals surface area contributed by atoms with Crippen molar-refractivity contribution in [3.05, 3.63) is 66.5 Å². The predicted octanol–water partition coefficient (Wildman–Crippen LogP) is 5.14. The second kappa shape index (κ2) is 9.89. The van der Waals surface area contributed by atoms with Gasteiger partial charge in [0, 0.05) is 54.6 Å². The first-order valence-corrected chi connectivity index (χ1v) is 11.3. The zero-order chi connectivity index (χ0) is 25.1. The number of carbonyl (C=O) groups excluding carboxylic acids is 2. The molecule has 0 unspecified atom stereocenters. The third-order valence-electron chi connectivity index (χ3n) is 5.59. The van der Waals surface area contributed by atoms with Crippen LogP contribution in [-0.2, 0) is 0 Å². The Labute approximate surface area is 204 Å². The van der Waals surface area contributed by atoms with Gasteiger partial charge in [-0.15, -0.1) is 0 Å². The summed E-state index contributed by atoms with van der Waals surface area (Å²) in [5.41, 5.74) is 5.18. The second-order valence-corrected chi connectivity index (χ2v) is 8.74. The molecule has 2 aromatic carbocycles. The van der Waals surface area contributed by atoms with Crippen molar-refractivity contribution in [2.75, 3.05) is 26.5 Å². The van der Waals surface area contributed by atoms with E-state index in [2.05, 4.69) is 20.6 Å². The summed E-state index contributed by atoms with van der Waals surface area (Å²) >= 11 is 0. The van der Waals surface area contributed by atoms with E-state index in [0.717, 1.165) is 39.0 Å². The first-order valence-electron chi connectivity index (χ1n) is 11.3. The van der Waals surface area contributed by atoms with Gasteiger partial charge in [-0.05, 0) is 43.7 Å². The Morgan fingerprint density at radius 2 is 1.80 bits per heavy atom. The number of ether oxygens (including phenoxy) is 1. The fourth-order valence-corrected chi connectivity index (χ4v) is 3.92. The molecular formula is C27H29N5O3. The van der Waals surface area contributed by atoms with E-state index >= 15 is 0 Å². The summed E-state index contributed by atoms with van der Waals surface area (Å²) in [5.74, 6) is 0.560. The minimum Gasteiger partial charge on any atom is -0.496 e. The molecule has 0 spiro atoms. The van der Waals surface area contributed by atoms with Crippen LogP contribution in [0.3, 0.4) is 0 Å². The molecule has 2 aromatic heterocycles. The third-order valence-corrected chi connectivity index (χ3v) is 5.59. The fourth-order valence-electron chi connectivity index (χ4n) is 3.92. The van der Waals surface area contributed by atoms with Gasteiger partial charge in [0.05, 0.1) is 18.4 Å². The topological polar surface area (TPSA) is 99.3 Å². The van der Waals surface area contributed by atoms with Crippen LogP contribution in [0.2, 0.25) is 0 Å². The van der Waals surface area contributed by atoms with Crippen LogP contribution in [0.15, 0.2) is 60.9 Å². The molecule has 35 heavy (non-hydrogen) atoms. The first-order chi connectivity index (χ1) is 16.8. The molecule has 4 rings (SSSR count). The number of nitrogens with one attached hydrogen (secondary N) is 3. The lowest BCUT2D eigenvalue weighted by atomic mass is 9.99. The first kappa shape index (κ1) is 23.8. The highest BCUT2D eigenvalue weighted by atomic mass is 16.5. The van der Waals surface area contributed by atoms with E-state index in [-0.39, 0.29) is 18.0 Å². The van der Waals surface area contributed by atoms with E-state index in [1.165, 1.54) is 4.90 Å². The molecule has 3 N–H and O–H groups in total. The zero-order valence-electron chi connectivity index (χ0n) is 20.5. The molecule has 2 heterocycles. The molecule has 0 aliphatic carbocycles. The number of urea groups is 1. The van der Waals surface area contributed by atoms with Gasteiger partial charge in [0.1, 0.15) is 11.4 Å². The minimum atomic E-state index is -0.364. The van der Waals surface area contributed by atoms with Gasteiger partial charge < -0.3 is 25.3 Å². The van der Waals surface area contributed by atoms with Gasteiger partial charge in [-0.2, -0.15) is 0 Å². The van der Waals surface area contributed by atoms with Crippen LogP contribution >= 0.6 is 0 Å². The maximum atomic E-state index is 13.0. The van der Waals surface area contributed by atoms with Crippen LogP contribution in [0.4, 0.5) is 10.5 Å². The van der Waals surface area contributed by atoms with Crippen molar-refractivity contribution in [3.63, 3.8) is 0 Å². The zero-order valence-corrected chi connectivity index (χ0v) is 20.5. The van der Waals surface area contributed by atoms with Gasteiger partial charge in [-0.25, -0.2) is 9.78 Å². The number of aromatic nitrogens is 2. The van der Waals surface area contributed by atoms with Gasteiger partial charge in [0.25, 0.3) is 5.91 Å². The van der Waals surface area contributed by atoms with Crippen LogP contribution in [0.25, 0.3) is 33.3 Å². The number of amides is 3. The van der Waals surface area contributed by atoms with Gasteiger partial charge in [-0.1, -0.05) is 24.3 Å². The molecule has 3 amide bonds. The Bertz CT molecular complexity index is 1390. The number of nitrogens with zero attached hydrogens (tertiary/aromatic N) is 2. The van der Waals surface area contributed by atoms with Gasteiger partial charge >= 0.3 is 6.03 Å². The summed E-state index contributed by atoms with van der Waals surface area (Å²) < 4.78 is 5.55. The maximum Gasteiger partial charge on any atom is 0.319 e. The molecular weight excluding hydrogens is 442 g/mol. The molecule has 0 radical (unpaired) electrons. The predicted molar refractivity (Wildman–Crippen MR) is 139 cm³/mol. The van der Waals surface area contributed by atoms with Crippen molar-refractivity contribution in [1.29, 1.82) is 0 Å². The summed E-state index contributed by atoms with van der Waals surface area (Å²) in [5, 5.41) is 6.51. The van der Waals surface area contributed by atoms with Crippen LogP contribution in [0, 0.1) is 0 Å². The third kappa shape index (κ3) is 4.96. The number of rotatable bonds is 6. The molecule has 8 nitrogen and oxygen atoms in total. The van der Waals surface area contributed by atoms with Gasteiger partial charge in [0.15, 0.2) is 0 Å². The molecule has 4 aromatic rings. The Morgan fingerprint density at radius 1 is 1.03 bits per heavy atom. The Morgan fingerprint density at radius 3 is 2.51 bits per heavy atom. The number of methoxy groups -OCH3 is 1. The average molecular weight is 472 g/mol. The normalized spacial score (nSPS) is 10.9. The van der Waals surface area contributed by atoms with Gasteiger partial charge in [-0.3, -0.25) is 4.79 Å². The standard InChI is InChI=1S/C27H29N5O3/c1-16(2)30-27(34)31-23-11-10-17(12-21(23)26(33)32(3)4)18-13-20-22(15-29-25(20)28-14-18)19-8-6-7-9-24(19)35-5/h6-16H,1-5H3,(H,28,29)(H2,30,31,34). The highest BCUT2D eigenvalue weighted by Gasteiger charge is 2.18. The van der Waals surface area contributed by atoms with E-state index in [0.29, 0.717) is 11.3 Å². The number of carbonyl (C=O) groups is 2. The number of hydrogen-bond acceptors (Lipinski definition) is 4. The summed E-state index contributed by atoms with van der Waals surface area (Å²) in [4.78, 5) is 34.6. The lowest BCUT2D eigenvalue weighted by molar-refractivity contribution is 0.0828. The molecule has 0 saturated carbocycles. The lowest BCUT2D eigenvalue weighted by Crippen LogP contribution is -2.35. The van der Waals surface area contributed by atoms with Crippen molar-refractivity contribution < 1.29 is 14.3 Å². The van der Waals surface area contributed by atoms with Crippen LogP contribution < -0.4 is 15.4 Å². The SMILES string of the molecule is COc1ccccc1-c1c[nH]c2ncc(-c3ccc(NC(=O)NC(C)C)c(C(=O)N(C)C)c3)cc12. The highest BCUT2D eigenvalue weighted by Crippen LogP contribution is 2.36. The van der Waals surface area contributed by atoms with Crippen molar-refractivity contribution >= 4 is 28.7 Å². The molecule has 180 valence electrons. The number of benzene rings is 2. The average Bonchev–Trinajstić information content (AvgIpc) is 3.26. The van der Waals surface area contributed by atoms with Crippen molar-refractivity contribution in [2.24, 2.45) is 0 Å². The highest BCUT2D eigenvalue weighted by molar-refractivity contribution is 6.05. The summed E-state index contributed by atoms with van der Waals surface area (Å²) in [6, 6.07) is 14.9. The monoisotopic (exact) mass is 471 g/mol. The van der Waals surface area contributed by atoms with E-state index in [9.17, 15) is 9.59 Å². The molecule has 0 aliphatic rings. The molecule has 0 atom stereocenters.